The summed E-state index contributed by atoms with van der Waals surface area (Å²) in [7, 11) is 0. The van der Waals surface area contributed by atoms with Crippen LogP contribution in [-0.4, -0.2) is 9.55 Å². The average Bonchev–Trinajstić information content (AvgIpc) is 2.54. The molecule has 3 aromatic rings. The van der Waals surface area contributed by atoms with Crippen LogP contribution in [0.1, 0.15) is 11.1 Å². The van der Waals surface area contributed by atoms with Crippen LogP contribution < -0.4 is 11.2 Å². The van der Waals surface area contributed by atoms with Crippen molar-refractivity contribution in [3.8, 4) is 0 Å². The summed E-state index contributed by atoms with van der Waals surface area (Å²) in [6, 6.07) is 15.4. The molecule has 2 aromatic carbocycles. The van der Waals surface area contributed by atoms with Gasteiger partial charge in [-0.1, -0.05) is 34.8 Å². The van der Waals surface area contributed by atoms with E-state index >= 15 is 0 Å². The number of nitrogens with zero attached hydrogens (tertiary/aromatic N) is 1. The van der Waals surface area contributed by atoms with E-state index in [9.17, 15) is 9.59 Å². The molecule has 8 heteroatoms. The summed E-state index contributed by atoms with van der Waals surface area (Å²) in [4.78, 5) is 23.3. The van der Waals surface area contributed by atoms with E-state index in [0.717, 1.165) is 17.5 Å². The molecule has 1 heterocycles. The number of benzene rings is 2. The second-order valence-corrected chi connectivity index (χ2v) is 6.60. The second-order valence-electron chi connectivity index (χ2n) is 5.29. The molecule has 0 spiro atoms. The van der Waals surface area contributed by atoms with Gasteiger partial charge in [0.2, 0.25) is 0 Å². The first-order valence-corrected chi connectivity index (χ1v) is 8.71. The summed E-state index contributed by atoms with van der Waals surface area (Å²) in [5.41, 5.74) is 1.28. The molecule has 0 amide bonds. The molecule has 1 N–H and O–H groups in total. The minimum atomic E-state index is -0.414. The van der Waals surface area contributed by atoms with Crippen molar-refractivity contribution in [2.75, 3.05) is 0 Å². The van der Waals surface area contributed by atoms with Crippen molar-refractivity contribution in [2.45, 2.75) is 13.0 Å². The molecule has 1 radical (unpaired) electrons. The zero-order valence-corrected chi connectivity index (χ0v) is 19.3. The van der Waals surface area contributed by atoms with Crippen LogP contribution in [0.5, 0.6) is 0 Å². The van der Waals surface area contributed by atoms with Crippen molar-refractivity contribution >= 4 is 34.8 Å². The maximum atomic E-state index is 10.7. The van der Waals surface area contributed by atoms with E-state index in [1.165, 1.54) is 16.8 Å². The van der Waals surface area contributed by atoms with Gasteiger partial charge in [-0.2, -0.15) is 23.8 Å². The number of nitrogens with one attached hydrogen (secondary N) is 1. The molecule has 0 saturated carbocycles. The Hall–Kier alpha value is -0.906. The Kier molecular flexibility index (Phi) is 10.6. The molecule has 0 saturated heterocycles. The van der Waals surface area contributed by atoms with Gasteiger partial charge in [0, 0.05) is 55.0 Å². The van der Waals surface area contributed by atoms with E-state index in [1.54, 1.807) is 12.1 Å². The SMILES string of the molecule is Clc1cc[c-]c(Cc2cc(Cl)cc(Cl)c2)c1.[CH2-]Cn1ccc(=O)[nH]c1=O.[Y]. The Balaban J connectivity index is 0.000000288. The summed E-state index contributed by atoms with van der Waals surface area (Å²) in [6.45, 7) is 3.82. The number of hydrogen-bond donors (Lipinski definition) is 1. The maximum Gasteiger partial charge on any atom is 0.325 e. The van der Waals surface area contributed by atoms with E-state index in [2.05, 4.69) is 18.0 Å². The third-order valence-corrected chi connectivity index (χ3v) is 3.95. The number of aromatic nitrogens is 2. The van der Waals surface area contributed by atoms with Crippen molar-refractivity contribution in [1.82, 2.24) is 9.55 Å². The van der Waals surface area contributed by atoms with Crippen LogP contribution in [0.15, 0.2) is 58.3 Å². The molecule has 0 atom stereocenters. The number of halogens is 3. The molecule has 0 aliphatic rings. The topological polar surface area (TPSA) is 54.9 Å². The molecule has 139 valence electrons. The molecule has 1 aromatic heterocycles. The monoisotopic (exact) mass is 497 g/mol. The second kappa shape index (κ2) is 11.8. The van der Waals surface area contributed by atoms with Crippen LogP contribution in [0, 0.1) is 13.0 Å². The summed E-state index contributed by atoms with van der Waals surface area (Å²) in [5, 5.41) is 2.00. The normalized spacial score (nSPS) is 9.78. The van der Waals surface area contributed by atoms with E-state index in [4.69, 9.17) is 34.8 Å². The fraction of sp³-hybridized carbons (Fsp3) is 0.105. The van der Waals surface area contributed by atoms with Crippen LogP contribution in [0.4, 0.5) is 0 Å². The number of aromatic amines is 1. The zero-order valence-electron chi connectivity index (χ0n) is 14.2. The van der Waals surface area contributed by atoms with Crippen molar-refractivity contribution in [2.24, 2.45) is 0 Å². The van der Waals surface area contributed by atoms with Gasteiger partial charge in [-0.15, -0.1) is 17.7 Å². The van der Waals surface area contributed by atoms with Crippen molar-refractivity contribution in [1.29, 1.82) is 0 Å². The summed E-state index contributed by atoms with van der Waals surface area (Å²) < 4.78 is 1.31. The number of rotatable bonds is 3. The minimum Gasteiger partial charge on any atom is -0.331 e. The summed E-state index contributed by atoms with van der Waals surface area (Å²) in [5.74, 6) is 0. The Morgan fingerprint density at radius 1 is 1.00 bits per heavy atom. The number of hydrogen-bond acceptors (Lipinski definition) is 2. The van der Waals surface area contributed by atoms with Crippen LogP contribution in [0.25, 0.3) is 0 Å². The van der Waals surface area contributed by atoms with Gasteiger partial charge < -0.3 is 11.5 Å². The van der Waals surface area contributed by atoms with Gasteiger partial charge in [0.05, 0.1) is 0 Å². The van der Waals surface area contributed by atoms with Crippen LogP contribution in [0.2, 0.25) is 15.1 Å². The number of H-pyrrole nitrogens is 1. The quantitative estimate of drug-likeness (QED) is 0.544. The van der Waals surface area contributed by atoms with E-state index in [-0.39, 0.29) is 38.3 Å². The van der Waals surface area contributed by atoms with Gasteiger partial charge in [0.25, 0.3) is 5.56 Å². The van der Waals surface area contributed by atoms with Crippen LogP contribution in [0.3, 0.4) is 0 Å². The minimum absolute atomic E-state index is 0. The first kappa shape index (κ1) is 24.1. The first-order chi connectivity index (χ1) is 12.4. The van der Waals surface area contributed by atoms with Crippen LogP contribution >= 0.6 is 34.8 Å². The molecule has 3 rings (SSSR count). The standard InChI is InChI=1S/C13H8Cl3.C6H7N2O2.Y/c14-11-3-1-2-9(5-11)4-10-6-12(15)8-13(16)7-10;1-2-8-4-3-5(9)7-6(8)10;/h1,3,5-8H,4H2;3-4H,1-2H2,(H,7,9,10);/q2*-1;. The predicted molar refractivity (Wildman–Crippen MR) is 106 cm³/mol. The van der Waals surface area contributed by atoms with Gasteiger partial charge in [-0.05, 0) is 30.2 Å². The Labute approximate surface area is 197 Å². The van der Waals surface area contributed by atoms with E-state index < -0.39 is 5.69 Å². The largest absolute Gasteiger partial charge is 0.331 e. The zero-order chi connectivity index (χ0) is 19.1. The molecule has 0 bridgehead atoms. The molecule has 4 nitrogen and oxygen atoms in total. The Bertz CT molecular complexity index is 982. The van der Waals surface area contributed by atoms with Gasteiger partial charge in [0.1, 0.15) is 0 Å². The average molecular weight is 499 g/mol. The molecule has 27 heavy (non-hydrogen) atoms. The molecule has 0 aliphatic heterocycles. The molecular formula is C19H15Cl3N2O2Y-2. The first-order valence-electron chi connectivity index (χ1n) is 7.57. The molecule has 0 aliphatic carbocycles. The third kappa shape index (κ3) is 8.33. The summed E-state index contributed by atoms with van der Waals surface area (Å²) in [6.07, 6.45) is 2.13. The van der Waals surface area contributed by atoms with Gasteiger partial charge in [-0.25, -0.2) is 4.79 Å². The fourth-order valence-electron chi connectivity index (χ4n) is 2.14. The predicted octanol–water partition coefficient (Wildman–Crippen LogP) is 4.41. The van der Waals surface area contributed by atoms with Gasteiger partial charge >= 0.3 is 5.69 Å². The van der Waals surface area contributed by atoms with Crippen molar-refractivity contribution < 1.29 is 32.7 Å². The molecular weight excluding hydrogens is 483 g/mol. The summed E-state index contributed by atoms with van der Waals surface area (Å²) >= 11 is 17.8. The van der Waals surface area contributed by atoms with Crippen LogP contribution in [-0.2, 0) is 45.7 Å². The Morgan fingerprint density at radius 2 is 1.67 bits per heavy atom. The van der Waals surface area contributed by atoms with Gasteiger partial charge in [0.15, 0.2) is 0 Å². The molecule has 0 unspecified atom stereocenters. The van der Waals surface area contributed by atoms with E-state index in [0.29, 0.717) is 21.6 Å². The van der Waals surface area contributed by atoms with E-state index in [1.807, 2.05) is 24.3 Å². The molecule has 0 fully saturated rings. The van der Waals surface area contributed by atoms with Crippen molar-refractivity contribution in [3.63, 3.8) is 0 Å². The maximum absolute atomic E-state index is 10.7. The fourth-order valence-corrected chi connectivity index (χ4v) is 2.91. The van der Waals surface area contributed by atoms with Gasteiger partial charge in [-0.3, -0.25) is 9.78 Å². The Morgan fingerprint density at radius 3 is 2.22 bits per heavy atom. The van der Waals surface area contributed by atoms with Crippen molar-refractivity contribution in [3.05, 3.63) is 109 Å². The third-order valence-electron chi connectivity index (χ3n) is 3.28. The smallest absolute Gasteiger partial charge is 0.325 e.